The summed E-state index contributed by atoms with van der Waals surface area (Å²) in [4.78, 5) is 8.88. The third-order valence-corrected chi connectivity index (χ3v) is 4.83. The Labute approximate surface area is 155 Å². The number of nitrogens with zero attached hydrogens (tertiary/aromatic N) is 3. The van der Waals surface area contributed by atoms with E-state index >= 15 is 0 Å². The third kappa shape index (κ3) is 5.57. The van der Waals surface area contributed by atoms with Crippen LogP contribution in [0.2, 0.25) is 0 Å². The summed E-state index contributed by atoms with van der Waals surface area (Å²) in [5.41, 5.74) is 2.24. The smallest absolute Gasteiger partial charge is 0.230 e. The molecule has 0 unspecified atom stereocenters. The second kappa shape index (κ2) is 8.33. The highest BCUT2D eigenvalue weighted by Crippen LogP contribution is 2.17. The molecule has 0 amide bonds. The number of aromatic nitrogens is 1. The Balaban J connectivity index is 1.48. The van der Waals surface area contributed by atoms with E-state index in [1.807, 2.05) is 24.3 Å². The minimum Gasteiger partial charge on any atom is -0.368 e. The summed E-state index contributed by atoms with van der Waals surface area (Å²) >= 11 is 0. The maximum absolute atomic E-state index is 11.2. The van der Waals surface area contributed by atoms with Gasteiger partial charge in [-0.1, -0.05) is 42.5 Å². The Morgan fingerprint density at radius 1 is 1.08 bits per heavy atom. The van der Waals surface area contributed by atoms with Crippen LogP contribution < -0.4 is 9.62 Å². The quantitative estimate of drug-likeness (QED) is 0.843. The lowest BCUT2D eigenvalue weighted by Gasteiger charge is -2.35. The van der Waals surface area contributed by atoms with E-state index in [4.69, 9.17) is 0 Å². The Kier molecular flexibility index (Phi) is 5.90. The predicted molar refractivity (Wildman–Crippen MR) is 107 cm³/mol. The number of benzene rings is 1. The topological polar surface area (TPSA) is 65.5 Å². The van der Waals surface area contributed by atoms with Gasteiger partial charge < -0.3 is 4.90 Å². The molecule has 1 aliphatic heterocycles. The van der Waals surface area contributed by atoms with E-state index in [0.29, 0.717) is 5.82 Å². The van der Waals surface area contributed by atoms with Crippen LogP contribution in [0.15, 0.2) is 54.7 Å². The predicted octanol–water partition coefficient (Wildman–Crippen LogP) is 2.29. The van der Waals surface area contributed by atoms with Crippen LogP contribution in [-0.4, -0.2) is 57.3 Å². The molecule has 2 aromatic rings. The molecule has 1 fully saturated rings. The number of sulfonamides is 1. The lowest BCUT2D eigenvalue weighted by molar-refractivity contribution is 0.284. The first-order chi connectivity index (χ1) is 12.5. The average Bonchev–Trinajstić information content (AvgIpc) is 2.63. The van der Waals surface area contributed by atoms with Crippen LogP contribution in [0.25, 0.3) is 6.08 Å². The number of nitrogens with one attached hydrogen (secondary N) is 1. The number of hydrogen-bond donors (Lipinski definition) is 1. The van der Waals surface area contributed by atoms with Crippen molar-refractivity contribution in [2.24, 2.45) is 0 Å². The van der Waals surface area contributed by atoms with Gasteiger partial charge in [0.2, 0.25) is 10.0 Å². The van der Waals surface area contributed by atoms with E-state index in [0.717, 1.165) is 44.7 Å². The first-order valence-electron chi connectivity index (χ1n) is 8.62. The summed E-state index contributed by atoms with van der Waals surface area (Å²) < 4.78 is 24.8. The van der Waals surface area contributed by atoms with Crippen LogP contribution in [0.1, 0.15) is 5.56 Å². The van der Waals surface area contributed by atoms with Gasteiger partial charge in [0, 0.05) is 32.7 Å². The van der Waals surface area contributed by atoms with Gasteiger partial charge in [-0.3, -0.25) is 9.62 Å². The molecule has 1 saturated heterocycles. The molecule has 26 heavy (non-hydrogen) atoms. The highest BCUT2D eigenvalue weighted by molar-refractivity contribution is 7.92. The van der Waals surface area contributed by atoms with E-state index in [1.54, 1.807) is 12.3 Å². The molecule has 0 atom stereocenters. The van der Waals surface area contributed by atoms with Gasteiger partial charge in [-0.15, -0.1) is 0 Å². The van der Waals surface area contributed by atoms with Crippen molar-refractivity contribution in [3.8, 4) is 0 Å². The molecule has 0 saturated carbocycles. The van der Waals surface area contributed by atoms with Gasteiger partial charge in [0.25, 0.3) is 0 Å². The molecule has 1 N–H and O–H groups in total. The van der Waals surface area contributed by atoms with Crippen molar-refractivity contribution in [3.63, 3.8) is 0 Å². The van der Waals surface area contributed by atoms with Crippen molar-refractivity contribution < 1.29 is 8.42 Å². The van der Waals surface area contributed by atoms with Gasteiger partial charge in [0.15, 0.2) is 0 Å². The van der Waals surface area contributed by atoms with Gasteiger partial charge in [-0.25, -0.2) is 13.4 Å². The molecule has 2 heterocycles. The monoisotopic (exact) mass is 372 g/mol. The summed E-state index contributed by atoms with van der Waals surface area (Å²) in [6.07, 6.45) is 7.20. The molecule has 138 valence electrons. The molecular formula is C19H24N4O2S. The van der Waals surface area contributed by atoms with Crippen LogP contribution in [0.3, 0.4) is 0 Å². The summed E-state index contributed by atoms with van der Waals surface area (Å²) in [5.74, 6) is 0.348. The normalized spacial score (nSPS) is 16.1. The molecule has 1 aromatic carbocycles. The third-order valence-electron chi connectivity index (χ3n) is 4.25. The maximum Gasteiger partial charge on any atom is 0.230 e. The Morgan fingerprint density at radius 2 is 1.81 bits per heavy atom. The minimum atomic E-state index is -3.29. The number of anilines is 2. The largest absolute Gasteiger partial charge is 0.368 e. The Hall–Kier alpha value is -2.38. The van der Waals surface area contributed by atoms with E-state index in [2.05, 4.69) is 43.8 Å². The Morgan fingerprint density at radius 3 is 2.42 bits per heavy atom. The van der Waals surface area contributed by atoms with Gasteiger partial charge in [0.1, 0.15) is 5.82 Å². The molecule has 0 aliphatic carbocycles. The molecule has 3 rings (SSSR count). The molecular weight excluding hydrogens is 348 g/mol. The van der Waals surface area contributed by atoms with Gasteiger partial charge >= 0.3 is 0 Å². The standard InChI is InChI=1S/C19H24N4O2S/c1-26(24,25)21-19-10-9-18(16-20-19)23-14-12-22(13-15-23)11-5-8-17-6-3-2-4-7-17/h2-10,16H,11-15H2,1H3,(H,20,21)/b8-5+. The van der Waals surface area contributed by atoms with E-state index < -0.39 is 10.0 Å². The van der Waals surface area contributed by atoms with Crippen LogP contribution in [0.4, 0.5) is 11.5 Å². The molecule has 0 radical (unpaired) electrons. The minimum absolute atomic E-state index is 0.348. The fraction of sp³-hybridized carbons (Fsp3) is 0.316. The van der Waals surface area contributed by atoms with E-state index in [-0.39, 0.29) is 0 Å². The number of pyridine rings is 1. The van der Waals surface area contributed by atoms with Crippen molar-refractivity contribution in [3.05, 3.63) is 60.3 Å². The number of hydrogen-bond acceptors (Lipinski definition) is 5. The highest BCUT2D eigenvalue weighted by Gasteiger charge is 2.16. The van der Waals surface area contributed by atoms with Crippen molar-refractivity contribution in [2.45, 2.75) is 0 Å². The SMILES string of the molecule is CS(=O)(=O)Nc1ccc(N2CCN(C/C=C/c3ccccc3)CC2)cn1. The van der Waals surface area contributed by atoms with Crippen LogP contribution in [-0.2, 0) is 10.0 Å². The second-order valence-electron chi connectivity index (χ2n) is 6.38. The van der Waals surface area contributed by atoms with E-state index in [1.165, 1.54) is 5.56 Å². The molecule has 0 bridgehead atoms. The lowest BCUT2D eigenvalue weighted by Crippen LogP contribution is -2.46. The summed E-state index contributed by atoms with van der Waals surface area (Å²) in [6.45, 7) is 4.78. The lowest BCUT2D eigenvalue weighted by atomic mass is 10.2. The van der Waals surface area contributed by atoms with Crippen molar-refractivity contribution in [1.29, 1.82) is 0 Å². The van der Waals surface area contributed by atoms with Gasteiger partial charge in [0.05, 0.1) is 18.1 Å². The Bertz CT molecular complexity index is 828. The summed E-state index contributed by atoms with van der Waals surface area (Å²) in [6, 6.07) is 13.9. The zero-order valence-electron chi connectivity index (χ0n) is 14.9. The van der Waals surface area contributed by atoms with Gasteiger partial charge in [-0.05, 0) is 17.7 Å². The zero-order valence-corrected chi connectivity index (χ0v) is 15.7. The average molecular weight is 372 g/mol. The fourth-order valence-corrected chi connectivity index (χ4v) is 3.41. The van der Waals surface area contributed by atoms with Crippen LogP contribution in [0.5, 0.6) is 0 Å². The summed E-state index contributed by atoms with van der Waals surface area (Å²) in [7, 11) is -3.29. The van der Waals surface area contributed by atoms with E-state index in [9.17, 15) is 8.42 Å². The van der Waals surface area contributed by atoms with Crippen LogP contribution >= 0.6 is 0 Å². The maximum atomic E-state index is 11.2. The number of rotatable bonds is 6. The first-order valence-corrected chi connectivity index (χ1v) is 10.5. The number of piperazine rings is 1. The molecule has 6 nitrogen and oxygen atoms in total. The summed E-state index contributed by atoms with van der Waals surface area (Å²) in [5, 5.41) is 0. The van der Waals surface area contributed by atoms with Crippen molar-refractivity contribution >= 4 is 27.6 Å². The van der Waals surface area contributed by atoms with Gasteiger partial charge in [-0.2, -0.15) is 0 Å². The first kappa shape index (κ1) is 18.4. The highest BCUT2D eigenvalue weighted by atomic mass is 32.2. The molecule has 7 heteroatoms. The molecule has 1 aromatic heterocycles. The molecule has 0 spiro atoms. The van der Waals surface area contributed by atoms with Crippen molar-refractivity contribution in [2.75, 3.05) is 48.6 Å². The van der Waals surface area contributed by atoms with Crippen LogP contribution in [0, 0.1) is 0 Å². The second-order valence-corrected chi connectivity index (χ2v) is 8.13. The van der Waals surface area contributed by atoms with Crippen molar-refractivity contribution in [1.82, 2.24) is 9.88 Å². The zero-order chi connectivity index (χ0) is 18.4. The molecule has 1 aliphatic rings. The fourth-order valence-electron chi connectivity index (χ4n) is 2.91.